The molecule has 3 nitrogen and oxygen atoms in total. The van der Waals surface area contributed by atoms with Gasteiger partial charge in [-0.05, 0) is 6.42 Å². The first-order chi connectivity index (χ1) is 4.79. The van der Waals surface area contributed by atoms with E-state index in [1.54, 1.807) is 0 Å². The van der Waals surface area contributed by atoms with Crippen molar-refractivity contribution in [3.05, 3.63) is 0 Å². The normalized spacial score (nSPS) is 32.4. The lowest BCUT2D eigenvalue weighted by Gasteiger charge is -2.07. The van der Waals surface area contributed by atoms with E-state index in [-0.39, 0.29) is 24.4 Å². The second-order valence-electron chi connectivity index (χ2n) is 2.59. The molecule has 0 aromatic rings. The number of hydrogen-bond acceptors (Lipinski definition) is 3. The highest BCUT2D eigenvalue weighted by atomic mass is 16.5. The molecule has 10 heavy (non-hydrogen) atoms. The third-order valence-corrected chi connectivity index (χ3v) is 1.99. The van der Waals surface area contributed by atoms with Crippen molar-refractivity contribution in [1.29, 1.82) is 0 Å². The maximum atomic E-state index is 10.8. The predicted molar refractivity (Wildman–Crippen MR) is 35.3 cm³/mol. The van der Waals surface area contributed by atoms with Crippen LogP contribution in [0.5, 0.6) is 0 Å². The topological polar surface area (TPSA) is 46.5 Å². The molecule has 1 aliphatic heterocycles. The van der Waals surface area contributed by atoms with Crippen molar-refractivity contribution < 1.29 is 14.6 Å². The molecule has 3 heteroatoms. The van der Waals surface area contributed by atoms with Gasteiger partial charge in [0.05, 0.1) is 12.5 Å². The van der Waals surface area contributed by atoms with Crippen molar-refractivity contribution in [1.82, 2.24) is 0 Å². The minimum Gasteiger partial charge on any atom is -0.465 e. The fourth-order valence-corrected chi connectivity index (χ4v) is 1.28. The molecule has 0 radical (unpaired) electrons. The Labute approximate surface area is 60.0 Å². The maximum absolute atomic E-state index is 10.8. The van der Waals surface area contributed by atoms with E-state index >= 15 is 0 Å². The molecule has 1 fully saturated rings. The second kappa shape index (κ2) is 3.01. The number of carbonyl (C=O) groups is 1. The van der Waals surface area contributed by atoms with Crippen LogP contribution in [0.3, 0.4) is 0 Å². The Bertz CT molecular complexity index is 133. The van der Waals surface area contributed by atoms with E-state index in [1.807, 2.05) is 6.92 Å². The van der Waals surface area contributed by atoms with Crippen LogP contribution < -0.4 is 0 Å². The van der Waals surface area contributed by atoms with Crippen molar-refractivity contribution in [2.45, 2.75) is 13.3 Å². The summed E-state index contributed by atoms with van der Waals surface area (Å²) < 4.78 is 4.76. The van der Waals surface area contributed by atoms with E-state index in [2.05, 4.69) is 0 Å². The van der Waals surface area contributed by atoms with Gasteiger partial charge in [0.25, 0.3) is 0 Å². The molecule has 0 aromatic heterocycles. The Morgan fingerprint density at radius 3 is 2.90 bits per heavy atom. The minimum absolute atomic E-state index is 0.0394. The Hall–Kier alpha value is -0.570. The van der Waals surface area contributed by atoms with Gasteiger partial charge >= 0.3 is 5.97 Å². The highest BCUT2D eigenvalue weighted by Crippen LogP contribution is 2.23. The molecule has 0 amide bonds. The summed E-state index contributed by atoms with van der Waals surface area (Å²) in [5.41, 5.74) is 0. The van der Waals surface area contributed by atoms with Gasteiger partial charge in [0.2, 0.25) is 0 Å². The number of ether oxygens (including phenoxy) is 1. The quantitative estimate of drug-likeness (QED) is 0.562. The monoisotopic (exact) mass is 144 g/mol. The van der Waals surface area contributed by atoms with Gasteiger partial charge in [-0.2, -0.15) is 0 Å². The van der Waals surface area contributed by atoms with Gasteiger partial charge in [-0.15, -0.1) is 0 Å². The molecule has 1 rings (SSSR count). The number of aliphatic hydroxyl groups is 1. The second-order valence-corrected chi connectivity index (χ2v) is 2.59. The molecule has 58 valence electrons. The lowest BCUT2D eigenvalue weighted by atomic mass is 9.94. The van der Waals surface area contributed by atoms with Crippen molar-refractivity contribution in [2.75, 3.05) is 13.2 Å². The first-order valence-corrected chi connectivity index (χ1v) is 3.57. The first-order valence-electron chi connectivity index (χ1n) is 3.57. The molecule has 0 saturated carbocycles. The van der Waals surface area contributed by atoms with Gasteiger partial charge in [0.15, 0.2) is 0 Å². The molecule has 1 N–H and O–H groups in total. The highest BCUT2D eigenvalue weighted by molar-refractivity contribution is 5.74. The molecule has 0 bridgehead atoms. The minimum atomic E-state index is -0.151. The zero-order chi connectivity index (χ0) is 7.56. The molecule has 0 aromatic carbocycles. The summed E-state index contributed by atoms with van der Waals surface area (Å²) in [6.45, 7) is 2.39. The summed E-state index contributed by atoms with van der Waals surface area (Å²) in [5.74, 6) is -0.177. The van der Waals surface area contributed by atoms with E-state index in [1.165, 1.54) is 0 Å². The fourth-order valence-electron chi connectivity index (χ4n) is 1.28. The highest BCUT2D eigenvalue weighted by Gasteiger charge is 2.34. The number of carbonyl (C=O) groups excluding carboxylic acids is 1. The number of aliphatic hydroxyl groups excluding tert-OH is 1. The van der Waals surface area contributed by atoms with Crippen LogP contribution >= 0.6 is 0 Å². The van der Waals surface area contributed by atoms with Crippen molar-refractivity contribution in [3.63, 3.8) is 0 Å². The molecule has 1 saturated heterocycles. The van der Waals surface area contributed by atoms with Gasteiger partial charge in [0.1, 0.15) is 0 Å². The zero-order valence-electron chi connectivity index (χ0n) is 6.04. The number of esters is 1. The van der Waals surface area contributed by atoms with Crippen LogP contribution in [-0.4, -0.2) is 24.3 Å². The van der Waals surface area contributed by atoms with Crippen LogP contribution in [0.1, 0.15) is 13.3 Å². The van der Waals surface area contributed by atoms with Gasteiger partial charge in [0, 0.05) is 12.5 Å². The van der Waals surface area contributed by atoms with Gasteiger partial charge in [-0.25, -0.2) is 0 Å². The molecule has 1 heterocycles. The van der Waals surface area contributed by atoms with E-state index in [9.17, 15) is 4.79 Å². The van der Waals surface area contributed by atoms with Crippen molar-refractivity contribution in [2.24, 2.45) is 11.8 Å². The van der Waals surface area contributed by atoms with Crippen LogP contribution in [-0.2, 0) is 9.53 Å². The number of rotatable bonds is 2. The Balaban J connectivity index is 2.54. The third kappa shape index (κ3) is 1.14. The molecule has 1 aliphatic rings. The molecule has 2 atom stereocenters. The summed E-state index contributed by atoms with van der Waals surface area (Å²) in [7, 11) is 0. The predicted octanol–water partition coefficient (Wildman–Crippen LogP) is 0.178. The van der Waals surface area contributed by atoms with Crippen molar-refractivity contribution in [3.8, 4) is 0 Å². The van der Waals surface area contributed by atoms with Gasteiger partial charge in [-0.1, -0.05) is 6.92 Å². The average Bonchev–Trinajstić information content (AvgIpc) is 2.30. The summed E-state index contributed by atoms with van der Waals surface area (Å²) in [5, 5.41) is 8.75. The molecular formula is C7H12O3. The summed E-state index contributed by atoms with van der Waals surface area (Å²) >= 11 is 0. The van der Waals surface area contributed by atoms with Crippen LogP contribution in [0.4, 0.5) is 0 Å². The maximum Gasteiger partial charge on any atom is 0.309 e. The Morgan fingerprint density at radius 1 is 1.80 bits per heavy atom. The molecule has 0 aliphatic carbocycles. The van der Waals surface area contributed by atoms with Crippen LogP contribution in [0.2, 0.25) is 0 Å². The SMILES string of the molecule is CC[C@@H]1C(=O)OC[C@@H]1CO. The van der Waals surface area contributed by atoms with Crippen molar-refractivity contribution >= 4 is 5.97 Å². The number of hydrogen-bond donors (Lipinski definition) is 1. The standard InChI is InChI=1S/C7H12O3/c1-2-6-5(3-8)4-10-7(6)9/h5-6,8H,2-4H2,1H3/t5-,6-/m0/s1. The smallest absolute Gasteiger partial charge is 0.309 e. The van der Waals surface area contributed by atoms with E-state index in [0.717, 1.165) is 6.42 Å². The van der Waals surface area contributed by atoms with Crippen LogP contribution in [0, 0.1) is 11.8 Å². The van der Waals surface area contributed by atoms with Gasteiger partial charge < -0.3 is 9.84 Å². The Morgan fingerprint density at radius 2 is 2.50 bits per heavy atom. The first kappa shape index (κ1) is 7.54. The summed E-state index contributed by atoms with van der Waals surface area (Å²) in [6, 6.07) is 0. The molecular weight excluding hydrogens is 132 g/mol. The molecule has 0 unspecified atom stereocenters. The lowest BCUT2D eigenvalue weighted by Crippen LogP contribution is -2.17. The van der Waals surface area contributed by atoms with E-state index in [4.69, 9.17) is 9.84 Å². The Kier molecular flexibility index (Phi) is 2.27. The number of cyclic esters (lactones) is 1. The summed E-state index contributed by atoms with van der Waals surface area (Å²) in [4.78, 5) is 10.8. The largest absolute Gasteiger partial charge is 0.465 e. The van der Waals surface area contributed by atoms with E-state index < -0.39 is 0 Å². The van der Waals surface area contributed by atoms with Crippen LogP contribution in [0.15, 0.2) is 0 Å². The zero-order valence-corrected chi connectivity index (χ0v) is 6.04. The van der Waals surface area contributed by atoms with E-state index in [0.29, 0.717) is 6.61 Å². The third-order valence-electron chi connectivity index (χ3n) is 1.99. The lowest BCUT2D eigenvalue weighted by molar-refractivity contribution is -0.141. The van der Waals surface area contributed by atoms with Gasteiger partial charge in [-0.3, -0.25) is 4.79 Å². The van der Waals surface area contributed by atoms with Crippen LogP contribution in [0.25, 0.3) is 0 Å². The average molecular weight is 144 g/mol. The fraction of sp³-hybridized carbons (Fsp3) is 0.857. The molecule has 0 spiro atoms. The summed E-state index contributed by atoms with van der Waals surface area (Å²) in [6.07, 6.45) is 0.768.